The molecule has 0 atom stereocenters. The minimum atomic E-state index is -3.62. The van der Waals surface area contributed by atoms with Gasteiger partial charge in [0.1, 0.15) is 16.7 Å². The highest BCUT2D eigenvalue weighted by molar-refractivity contribution is 7.94. The van der Waals surface area contributed by atoms with Gasteiger partial charge in [-0.15, -0.1) is 0 Å². The van der Waals surface area contributed by atoms with Gasteiger partial charge < -0.3 is 16.5 Å². The van der Waals surface area contributed by atoms with Crippen LogP contribution in [-0.4, -0.2) is 33.1 Å². The molecule has 0 saturated carbocycles. The van der Waals surface area contributed by atoms with E-state index in [-0.39, 0.29) is 16.4 Å². The lowest BCUT2D eigenvalue weighted by Crippen LogP contribution is -2.39. The second-order valence-corrected chi connectivity index (χ2v) is 6.64. The van der Waals surface area contributed by atoms with E-state index in [1.54, 1.807) is 26.8 Å². The van der Waals surface area contributed by atoms with E-state index < -0.39 is 15.4 Å². The number of hydrogen-bond acceptors (Lipinski definition) is 6. The number of sulfone groups is 1. The predicted molar refractivity (Wildman–Crippen MR) is 71.1 cm³/mol. The van der Waals surface area contributed by atoms with E-state index in [2.05, 4.69) is 15.8 Å². The molecule has 0 radical (unpaired) electrons. The first-order valence-electron chi connectivity index (χ1n) is 5.16. The van der Waals surface area contributed by atoms with Crippen molar-refractivity contribution in [3.05, 3.63) is 10.6 Å². The fraction of sp³-hybridized carbons (Fsp3) is 0.600. The van der Waals surface area contributed by atoms with Crippen LogP contribution in [0.5, 0.6) is 0 Å². The first-order valence-corrected chi connectivity index (χ1v) is 7.05. The lowest BCUT2D eigenvalue weighted by atomic mass is 10.1. The van der Waals surface area contributed by atoms with Crippen molar-refractivity contribution < 1.29 is 8.42 Å². The number of nitrogens with two attached hydrogens (primary N) is 1. The Hall–Kier alpha value is -1.75. The molecule has 0 rings (SSSR count). The number of rotatable bonds is 4. The van der Waals surface area contributed by atoms with Crippen LogP contribution in [0.15, 0.2) is 15.7 Å². The van der Waals surface area contributed by atoms with Crippen molar-refractivity contribution in [3.63, 3.8) is 0 Å². The molecule has 0 unspecified atom stereocenters. The van der Waals surface area contributed by atoms with E-state index in [0.717, 1.165) is 6.26 Å². The van der Waals surface area contributed by atoms with E-state index in [1.165, 1.54) is 7.05 Å². The zero-order valence-corrected chi connectivity index (χ0v) is 12.0. The van der Waals surface area contributed by atoms with Crippen LogP contribution < -0.4 is 16.5 Å². The van der Waals surface area contributed by atoms with Gasteiger partial charge in [-0.3, -0.25) is 0 Å². The molecule has 0 aliphatic rings. The topological polar surface area (TPSA) is 120 Å². The number of hydrogen-bond donors (Lipinski definition) is 3. The Bertz CT molecular complexity index is 505. The maximum Gasteiger partial charge on any atom is 0.191 e. The Kier molecular flexibility index (Phi) is 5.17. The minimum absolute atomic E-state index is 0.183. The second-order valence-electron chi connectivity index (χ2n) is 4.68. The fourth-order valence-electron chi connectivity index (χ4n) is 1.08. The Morgan fingerprint density at radius 1 is 1.39 bits per heavy atom. The van der Waals surface area contributed by atoms with Gasteiger partial charge in [0, 0.05) is 18.8 Å². The molecule has 0 aromatic carbocycles. The molecule has 0 aromatic heterocycles. The summed E-state index contributed by atoms with van der Waals surface area (Å²) in [5.41, 5.74) is 7.23. The van der Waals surface area contributed by atoms with Crippen molar-refractivity contribution in [2.24, 2.45) is 10.8 Å². The molecule has 7 nitrogen and oxygen atoms in total. The van der Waals surface area contributed by atoms with Gasteiger partial charge in [-0.2, -0.15) is 10.4 Å². The number of nitriles is 1. The van der Waals surface area contributed by atoms with Gasteiger partial charge in [-0.1, -0.05) is 0 Å². The molecule has 0 amide bonds. The van der Waals surface area contributed by atoms with Crippen molar-refractivity contribution >= 4 is 15.7 Å². The SMILES string of the molecule is CNN=C(N)C(C#N)=C(NC(C)(C)C)S(C)(=O)=O. The van der Waals surface area contributed by atoms with Crippen molar-refractivity contribution in [2.45, 2.75) is 26.3 Å². The van der Waals surface area contributed by atoms with Gasteiger partial charge in [0.25, 0.3) is 0 Å². The molecule has 102 valence electrons. The molecule has 0 saturated heterocycles. The van der Waals surface area contributed by atoms with Crippen molar-refractivity contribution in [2.75, 3.05) is 13.3 Å². The van der Waals surface area contributed by atoms with Gasteiger partial charge >= 0.3 is 0 Å². The fourth-order valence-corrected chi connectivity index (χ4v) is 2.09. The molecule has 8 heteroatoms. The van der Waals surface area contributed by atoms with Gasteiger partial charge in [-0.05, 0) is 20.8 Å². The predicted octanol–water partition coefficient (Wildman–Crippen LogP) is -0.354. The molecule has 0 heterocycles. The van der Waals surface area contributed by atoms with E-state index in [9.17, 15) is 8.42 Å². The second kappa shape index (κ2) is 5.73. The molecule has 0 aliphatic carbocycles. The number of hydrazone groups is 1. The first kappa shape index (κ1) is 16.2. The van der Waals surface area contributed by atoms with Crippen LogP contribution in [0.1, 0.15) is 20.8 Å². The zero-order chi connectivity index (χ0) is 14.6. The van der Waals surface area contributed by atoms with Crippen LogP contribution in [0.4, 0.5) is 0 Å². The van der Waals surface area contributed by atoms with E-state index in [0.29, 0.717) is 0 Å². The van der Waals surface area contributed by atoms with Crippen molar-refractivity contribution in [3.8, 4) is 6.07 Å². The minimum Gasteiger partial charge on any atom is -0.381 e. The van der Waals surface area contributed by atoms with Crippen LogP contribution >= 0.6 is 0 Å². The highest BCUT2D eigenvalue weighted by atomic mass is 32.2. The highest BCUT2D eigenvalue weighted by Gasteiger charge is 2.24. The molecule has 0 aliphatic heterocycles. The van der Waals surface area contributed by atoms with Gasteiger partial charge in [-0.25, -0.2) is 8.42 Å². The van der Waals surface area contributed by atoms with Crippen LogP contribution in [0, 0.1) is 11.3 Å². The number of nitrogens with zero attached hydrogens (tertiary/aromatic N) is 2. The van der Waals surface area contributed by atoms with Crippen molar-refractivity contribution in [1.29, 1.82) is 5.26 Å². The Morgan fingerprint density at radius 2 is 1.89 bits per heavy atom. The Labute approximate surface area is 108 Å². The van der Waals surface area contributed by atoms with Gasteiger partial charge in [0.15, 0.2) is 15.7 Å². The average Bonchev–Trinajstić information content (AvgIpc) is 2.14. The van der Waals surface area contributed by atoms with Crippen LogP contribution in [-0.2, 0) is 9.84 Å². The normalized spacial score (nSPS) is 14.6. The number of amidine groups is 1. The van der Waals surface area contributed by atoms with E-state index in [1.807, 2.05) is 0 Å². The Balaban J connectivity index is 5.97. The maximum atomic E-state index is 11.7. The molecule has 18 heavy (non-hydrogen) atoms. The summed E-state index contributed by atoms with van der Waals surface area (Å²) in [7, 11) is -2.12. The molecule has 0 fully saturated rings. The average molecular weight is 273 g/mol. The van der Waals surface area contributed by atoms with Gasteiger partial charge in [0.2, 0.25) is 0 Å². The van der Waals surface area contributed by atoms with E-state index >= 15 is 0 Å². The zero-order valence-electron chi connectivity index (χ0n) is 11.2. The molecule has 0 spiro atoms. The van der Waals surface area contributed by atoms with E-state index in [4.69, 9.17) is 11.0 Å². The maximum absolute atomic E-state index is 11.7. The quantitative estimate of drug-likeness (QED) is 0.278. The van der Waals surface area contributed by atoms with Crippen LogP contribution in [0.25, 0.3) is 0 Å². The third-order valence-electron chi connectivity index (χ3n) is 1.69. The third-order valence-corrected chi connectivity index (χ3v) is 2.73. The summed E-state index contributed by atoms with van der Waals surface area (Å²) in [5.74, 6) is -0.183. The summed E-state index contributed by atoms with van der Waals surface area (Å²) >= 11 is 0. The van der Waals surface area contributed by atoms with Crippen molar-refractivity contribution in [1.82, 2.24) is 10.7 Å². The molecule has 4 N–H and O–H groups in total. The smallest absolute Gasteiger partial charge is 0.191 e. The summed E-state index contributed by atoms with van der Waals surface area (Å²) in [6.07, 6.45) is 1.01. The van der Waals surface area contributed by atoms with Crippen LogP contribution in [0.3, 0.4) is 0 Å². The van der Waals surface area contributed by atoms with Crippen LogP contribution in [0.2, 0.25) is 0 Å². The summed E-state index contributed by atoms with van der Waals surface area (Å²) in [6, 6.07) is 1.76. The monoisotopic (exact) mass is 273 g/mol. The van der Waals surface area contributed by atoms with Gasteiger partial charge in [0.05, 0.1) is 0 Å². The molecule has 0 bridgehead atoms. The largest absolute Gasteiger partial charge is 0.381 e. The third kappa shape index (κ3) is 5.05. The Morgan fingerprint density at radius 3 is 2.17 bits per heavy atom. The summed E-state index contributed by atoms with van der Waals surface area (Å²) in [5, 5.41) is 15.2. The summed E-state index contributed by atoms with van der Waals surface area (Å²) in [6.45, 7) is 5.33. The molecular formula is C10H19N5O2S. The molecule has 0 aromatic rings. The lowest BCUT2D eigenvalue weighted by Gasteiger charge is -2.24. The number of nitrogens with one attached hydrogen (secondary N) is 2. The standard InChI is InChI=1S/C10H19N5O2S/c1-10(2,3)14-9(18(5,16)17)7(6-11)8(12)15-13-4/h13-14H,1-5H3,(H2,12,15). The first-order chi connectivity index (χ1) is 8.03. The highest BCUT2D eigenvalue weighted by Crippen LogP contribution is 2.13. The summed E-state index contributed by atoms with van der Waals surface area (Å²) in [4.78, 5) is 0. The summed E-state index contributed by atoms with van der Waals surface area (Å²) < 4.78 is 23.4. The molecular weight excluding hydrogens is 254 g/mol. The lowest BCUT2D eigenvalue weighted by molar-refractivity contribution is 0.479.